The second-order valence-corrected chi connectivity index (χ2v) is 9.35. The van der Waals surface area contributed by atoms with E-state index < -0.39 is 0 Å². The zero-order valence-corrected chi connectivity index (χ0v) is 17.9. The topological polar surface area (TPSA) is 37.8 Å². The first-order valence-electron chi connectivity index (χ1n) is 9.48. The molecule has 142 valence electrons. The van der Waals surface area contributed by atoms with E-state index in [0.717, 1.165) is 27.4 Å². The molecule has 0 amide bonds. The van der Waals surface area contributed by atoms with Crippen LogP contribution in [0, 0.1) is 13.8 Å². The highest BCUT2D eigenvalue weighted by atomic mass is 35.5. The van der Waals surface area contributed by atoms with Gasteiger partial charge < -0.3 is 5.32 Å². The Hall–Kier alpha value is -1.36. The molecule has 0 unspecified atom stereocenters. The number of halogens is 2. The van der Waals surface area contributed by atoms with Crippen molar-refractivity contribution in [3.63, 3.8) is 0 Å². The van der Waals surface area contributed by atoms with Crippen molar-refractivity contribution < 1.29 is 0 Å². The number of benzene rings is 1. The third-order valence-corrected chi connectivity index (χ3v) is 7.30. The second kappa shape index (κ2) is 7.94. The van der Waals surface area contributed by atoms with Crippen LogP contribution in [0.4, 0.5) is 5.82 Å². The molecule has 0 radical (unpaired) electrons. The van der Waals surface area contributed by atoms with E-state index in [4.69, 9.17) is 33.2 Å². The van der Waals surface area contributed by atoms with Gasteiger partial charge in [0.15, 0.2) is 0 Å². The number of anilines is 1. The molecule has 0 atom stereocenters. The number of aryl methyl sites for hydroxylation is 2. The number of hydrogen-bond donors (Lipinski definition) is 1. The van der Waals surface area contributed by atoms with E-state index in [9.17, 15) is 0 Å². The molecular formula is C21H23Cl2N3S. The van der Waals surface area contributed by atoms with Crippen LogP contribution in [0.15, 0.2) is 18.2 Å². The standard InChI is InChI=1S/C21H23Cl2N3S/c1-12-13(2)27-21-18(12)20(24-11-14-8-9-16(22)17(23)10-14)25-19(26-21)15-6-4-3-5-7-15/h8-10,15H,3-7,11H2,1-2H3,(H,24,25,26). The van der Waals surface area contributed by atoms with E-state index in [1.54, 1.807) is 11.3 Å². The maximum Gasteiger partial charge on any atom is 0.139 e. The summed E-state index contributed by atoms with van der Waals surface area (Å²) in [4.78, 5) is 12.3. The predicted octanol–water partition coefficient (Wildman–Crippen LogP) is 7.27. The molecule has 3 aromatic rings. The smallest absolute Gasteiger partial charge is 0.139 e. The minimum atomic E-state index is 0.483. The lowest BCUT2D eigenvalue weighted by molar-refractivity contribution is 0.430. The molecule has 27 heavy (non-hydrogen) atoms. The third-order valence-electron chi connectivity index (χ3n) is 5.46. The highest BCUT2D eigenvalue weighted by Crippen LogP contribution is 2.37. The van der Waals surface area contributed by atoms with Crippen LogP contribution in [0.5, 0.6) is 0 Å². The van der Waals surface area contributed by atoms with Gasteiger partial charge in [-0.25, -0.2) is 9.97 Å². The highest BCUT2D eigenvalue weighted by molar-refractivity contribution is 7.18. The van der Waals surface area contributed by atoms with Crippen LogP contribution in [-0.2, 0) is 6.54 Å². The Morgan fingerprint density at radius 3 is 2.59 bits per heavy atom. The van der Waals surface area contributed by atoms with Crippen LogP contribution in [0.25, 0.3) is 10.2 Å². The summed E-state index contributed by atoms with van der Waals surface area (Å²) in [6, 6.07) is 5.74. The van der Waals surface area contributed by atoms with E-state index in [0.29, 0.717) is 22.5 Å². The van der Waals surface area contributed by atoms with E-state index in [1.807, 2.05) is 18.2 Å². The van der Waals surface area contributed by atoms with Crippen molar-refractivity contribution in [2.45, 2.75) is 58.4 Å². The van der Waals surface area contributed by atoms with Crippen LogP contribution in [-0.4, -0.2) is 9.97 Å². The fraction of sp³-hybridized carbons (Fsp3) is 0.429. The van der Waals surface area contributed by atoms with E-state index >= 15 is 0 Å². The van der Waals surface area contributed by atoms with Crippen molar-refractivity contribution in [3.05, 3.63) is 50.1 Å². The molecule has 1 aliphatic rings. The molecule has 1 N–H and O–H groups in total. The monoisotopic (exact) mass is 419 g/mol. The number of thiophene rings is 1. The van der Waals surface area contributed by atoms with Crippen molar-refractivity contribution >= 4 is 50.6 Å². The number of rotatable bonds is 4. The highest BCUT2D eigenvalue weighted by Gasteiger charge is 2.22. The van der Waals surface area contributed by atoms with Gasteiger partial charge in [0.2, 0.25) is 0 Å². The number of fused-ring (bicyclic) bond motifs is 1. The van der Waals surface area contributed by atoms with Gasteiger partial charge in [0.05, 0.1) is 15.4 Å². The molecule has 4 rings (SSSR count). The summed E-state index contributed by atoms with van der Waals surface area (Å²) in [7, 11) is 0. The Morgan fingerprint density at radius 2 is 1.85 bits per heavy atom. The van der Waals surface area contributed by atoms with Crippen LogP contribution < -0.4 is 5.32 Å². The molecule has 0 saturated heterocycles. The largest absolute Gasteiger partial charge is 0.365 e. The van der Waals surface area contributed by atoms with E-state index in [2.05, 4.69) is 19.2 Å². The Morgan fingerprint density at radius 1 is 1.07 bits per heavy atom. The van der Waals surface area contributed by atoms with Gasteiger partial charge in [-0.3, -0.25) is 0 Å². The van der Waals surface area contributed by atoms with Crippen molar-refractivity contribution in [2.75, 3.05) is 5.32 Å². The minimum absolute atomic E-state index is 0.483. The first-order chi connectivity index (χ1) is 13.0. The van der Waals surface area contributed by atoms with Gasteiger partial charge in [0, 0.05) is 17.3 Å². The molecule has 2 aromatic heterocycles. The first kappa shape index (κ1) is 19.0. The number of hydrogen-bond acceptors (Lipinski definition) is 4. The Bertz CT molecular complexity index is 977. The molecule has 6 heteroatoms. The average Bonchev–Trinajstić information content (AvgIpc) is 2.97. The minimum Gasteiger partial charge on any atom is -0.365 e. The van der Waals surface area contributed by atoms with Gasteiger partial charge >= 0.3 is 0 Å². The van der Waals surface area contributed by atoms with Crippen LogP contribution in [0.2, 0.25) is 10.0 Å². The van der Waals surface area contributed by atoms with Crippen LogP contribution in [0.3, 0.4) is 0 Å². The summed E-state index contributed by atoms with van der Waals surface area (Å²) in [6.07, 6.45) is 6.28. The molecule has 1 aliphatic carbocycles. The third kappa shape index (κ3) is 3.94. The number of aromatic nitrogens is 2. The molecule has 1 aromatic carbocycles. The fourth-order valence-electron chi connectivity index (χ4n) is 3.77. The van der Waals surface area contributed by atoms with Crippen molar-refractivity contribution in [1.82, 2.24) is 9.97 Å². The molecule has 0 spiro atoms. The quantitative estimate of drug-likeness (QED) is 0.482. The summed E-state index contributed by atoms with van der Waals surface area (Å²) in [5.41, 5.74) is 2.35. The molecule has 0 bridgehead atoms. The number of nitrogens with zero attached hydrogens (tertiary/aromatic N) is 2. The SMILES string of the molecule is Cc1sc2nc(C3CCCCC3)nc(NCc3ccc(Cl)c(Cl)c3)c2c1C. The predicted molar refractivity (Wildman–Crippen MR) is 117 cm³/mol. The van der Waals surface area contributed by atoms with Crippen molar-refractivity contribution in [2.24, 2.45) is 0 Å². The normalized spacial score (nSPS) is 15.4. The second-order valence-electron chi connectivity index (χ2n) is 7.33. The summed E-state index contributed by atoms with van der Waals surface area (Å²) in [6.45, 7) is 4.97. The van der Waals surface area contributed by atoms with Crippen LogP contribution in [0.1, 0.15) is 59.9 Å². The van der Waals surface area contributed by atoms with Gasteiger partial charge in [-0.2, -0.15) is 0 Å². The zero-order valence-electron chi connectivity index (χ0n) is 15.6. The summed E-state index contributed by atoms with van der Waals surface area (Å²) in [5.74, 6) is 2.42. The maximum atomic E-state index is 6.16. The maximum absolute atomic E-state index is 6.16. The molecule has 3 nitrogen and oxygen atoms in total. The van der Waals surface area contributed by atoms with Gasteiger partial charge in [-0.15, -0.1) is 11.3 Å². The average molecular weight is 420 g/mol. The molecule has 1 saturated carbocycles. The lowest BCUT2D eigenvalue weighted by atomic mass is 9.88. The van der Waals surface area contributed by atoms with Gasteiger partial charge in [0.25, 0.3) is 0 Å². The summed E-state index contributed by atoms with van der Waals surface area (Å²) in [5, 5.41) is 5.84. The van der Waals surface area contributed by atoms with Gasteiger partial charge in [-0.1, -0.05) is 48.5 Å². The lowest BCUT2D eigenvalue weighted by Crippen LogP contribution is -2.11. The Kier molecular flexibility index (Phi) is 5.58. The molecular weight excluding hydrogens is 397 g/mol. The summed E-state index contributed by atoms with van der Waals surface area (Å²) >= 11 is 14.0. The van der Waals surface area contributed by atoms with Crippen LogP contribution >= 0.6 is 34.5 Å². The molecule has 2 heterocycles. The zero-order chi connectivity index (χ0) is 19.0. The van der Waals surface area contributed by atoms with E-state index in [-0.39, 0.29) is 0 Å². The van der Waals surface area contributed by atoms with Crippen molar-refractivity contribution in [3.8, 4) is 0 Å². The van der Waals surface area contributed by atoms with Gasteiger partial charge in [0.1, 0.15) is 16.5 Å². The fourth-order valence-corrected chi connectivity index (χ4v) is 5.13. The summed E-state index contributed by atoms with van der Waals surface area (Å²) < 4.78 is 0. The lowest BCUT2D eigenvalue weighted by Gasteiger charge is -2.21. The number of nitrogens with one attached hydrogen (secondary N) is 1. The Labute approximate surface area is 174 Å². The molecule has 0 aliphatic heterocycles. The molecule has 1 fully saturated rings. The van der Waals surface area contributed by atoms with Gasteiger partial charge in [-0.05, 0) is 49.9 Å². The first-order valence-corrected chi connectivity index (χ1v) is 11.1. The Balaban J connectivity index is 1.69. The van der Waals surface area contributed by atoms with E-state index in [1.165, 1.54) is 42.5 Å². The van der Waals surface area contributed by atoms with Crippen molar-refractivity contribution in [1.29, 1.82) is 0 Å².